The van der Waals surface area contributed by atoms with E-state index in [1.807, 2.05) is 19.1 Å². The molecule has 170 valence electrons. The van der Waals surface area contributed by atoms with Gasteiger partial charge in [-0.1, -0.05) is 0 Å². The highest BCUT2D eigenvalue weighted by molar-refractivity contribution is 7.09. The minimum absolute atomic E-state index is 0.298. The molecule has 0 saturated carbocycles. The van der Waals surface area contributed by atoms with Crippen LogP contribution in [0.2, 0.25) is 0 Å². The van der Waals surface area contributed by atoms with Crippen molar-refractivity contribution in [2.24, 2.45) is 0 Å². The normalized spacial score (nSPS) is 14.6. The molecule has 0 amide bonds. The highest BCUT2D eigenvalue weighted by Gasteiger charge is 2.28. The predicted molar refractivity (Wildman–Crippen MR) is 125 cm³/mol. The third-order valence-corrected chi connectivity index (χ3v) is 6.42. The molecule has 0 atom stereocenters. The smallest absolute Gasteiger partial charge is 0.341 e. The topological polar surface area (TPSA) is 77.0 Å². The van der Waals surface area contributed by atoms with Crippen molar-refractivity contribution in [3.63, 3.8) is 0 Å². The fourth-order valence-electron chi connectivity index (χ4n) is 4.10. The molecular formula is C23H28N4O4S. The number of anilines is 1. The van der Waals surface area contributed by atoms with Crippen molar-refractivity contribution in [3.05, 3.63) is 40.0 Å². The number of fused-ring (bicyclic) bond motifs is 1. The van der Waals surface area contributed by atoms with Gasteiger partial charge in [-0.2, -0.15) is 0 Å². The zero-order chi connectivity index (χ0) is 22.7. The molecule has 0 spiro atoms. The summed E-state index contributed by atoms with van der Waals surface area (Å²) in [4.78, 5) is 26.6. The number of aryl methyl sites for hydroxylation is 1. The van der Waals surface area contributed by atoms with Crippen molar-refractivity contribution in [1.29, 1.82) is 0 Å². The number of pyridine rings is 1. The van der Waals surface area contributed by atoms with Crippen molar-refractivity contribution >= 4 is 33.9 Å². The Balaban J connectivity index is 1.71. The molecule has 32 heavy (non-hydrogen) atoms. The second-order valence-corrected chi connectivity index (χ2v) is 8.62. The van der Waals surface area contributed by atoms with Gasteiger partial charge in [-0.25, -0.2) is 9.78 Å². The minimum Gasteiger partial charge on any atom is -0.496 e. The number of ether oxygens (including phenoxy) is 3. The van der Waals surface area contributed by atoms with Crippen LogP contribution in [0.4, 0.5) is 5.69 Å². The molecule has 3 aromatic rings. The monoisotopic (exact) mass is 456 g/mol. The number of methoxy groups -OCH3 is 2. The van der Waals surface area contributed by atoms with Crippen LogP contribution in [0.25, 0.3) is 10.9 Å². The third-order valence-electron chi connectivity index (χ3n) is 5.59. The molecule has 0 unspecified atom stereocenters. The Morgan fingerprint density at radius 1 is 1.12 bits per heavy atom. The van der Waals surface area contributed by atoms with E-state index in [2.05, 4.69) is 25.1 Å². The maximum absolute atomic E-state index is 12.8. The van der Waals surface area contributed by atoms with Crippen LogP contribution in [0.5, 0.6) is 11.5 Å². The molecule has 0 aliphatic carbocycles. The minimum atomic E-state index is -0.387. The van der Waals surface area contributed by atoms with Crippen LogP contribution in [0.3, 0.4) is 0 Å². The number of carbonyl (C=O) groups excluding carboxylic acids is 1. The number of piperazine rings is 1. The molecule has 1 aromatic carbocycles. The lowest BCUT2D eigenvalue weighted by Gasteiger charge is -2.37. The van der Waals surface area contributed by atoms with Crippen LogP contribution >= 0.6 is 11.3 Å². The third kappa shape index (κ3) is 4.35. The van der Waals surface area contributed by atoms with Gasteiger partial charge in [-0.05, 0) is 26.0 Å². The van der Waals surface area contributed by atoms with Crippen LogP contribution in [0, 0.1) is 6.92 Å². The molecule has 3 heterocycles. The average Bonchev–Trinajstić information content (AvgIpc) is 3.22. The summed E-state index contributed by atoms with van der Waals surface area (Å²) in [7, 11) is 3.23. The molecule has 4 rings (SSSR count). The maximum atomic E-state index is 12.8. The molecular weight excluding hydrogens is 428 g/mol. The first kappa shape index (κ1) is 22.3. The van der Waals surface area contributed by atoms with Crippen LogP contribution in [0.1, 0.15) is 28.0 Å². The summed E-state index contributed by atoms with van der Waals surface area (Å²) in [5.74, 6) is 0.895. The Morgan fingerprint density at radius 2 is 1.84 bits per heavy atom. The number of carbonyl (C=O) groups is 1. The van der Waals surface area contributed by atoms with Gasteiger partial charge in [-0.15, -0.1) is 11.3 Å². The molecule has 1 aliphatic heterocycles. The Morgan fingerprint density at radius 3 is 2.47 bits per heavy atom. The van der Waals surface area contributed by atoms with Gasteiger partial charge in [0, 0.05) is 44.3 Å². The van der Waals surface area contributed by atoms with Gasteiger partial charge in [0.1, 0.15) is 22.6 Å². The highest BCUT2D eigenvalue weighted by Crippen LogP contribution is 2.41. The maximum Gasteiger partial charge on any atom is 0.341 e. The SMILES string of the molecule is CCOC(=O)c1cnc2c(OC)ccc(OC)c2c1N1CCN(Cc2csc(C)n2)CC1. The molecule has 2 aromatic heterocycles. The van der Waals surface area contributed by atoms with Gasteiger partial charge < -0.3 is 19.1 Å². The first-order valence-electron chi connectivity index (χ1n) is 10.6. The number of rotatable bonds is 7. The first-order chi connectivity index (χ1) is 15.5. The summed E-state index contributed by atoms with van der Waals surface area (Å²) >= 11 is 1.68. The summed E-state index contributed by atoms with van der Waals surface area (Å²) in [6, 6.07) is 3.68. The molecule has 0 radical (unpaired) electrons. The summed E-state index contributed by atoms with van der Waals surface area (Å²) in [5, 5.41) is 3.97. The number of aromatic nitrogens is 2. The van der Waals surface area contributed by atoms with Gasteiger partial charge in [0.15, 0.2) is 0 Å². The van der Waals surface area contributed by atoms with E-state index >= 15 is 0 Å². The van der Waals surface area contributed by atoms with Crippen molar-refractivity contribution in [3.8, 4) is 11.5 Å². The van der Waals surface area contributed by atoms with Crippen LogP contribution in [0.15, 0.2) is 23.7 Å². The molecule has 0 bridgehead atoms. The molecule has 1 aliphatic rings. The zero-order valence-electron chi connectivity index (χ0n) is 18.9. The van der Waals surface area contributed by atoms with E-state index in [1.165, 1.54) is 0 Å². The number of esters is 1. The molecule has 0 N–H and O–H groups in total. The van der Waals surface area contributed by atoms with Crippen molar-refractivity contribution in [2.75, 3.05) is 51.9 Å². The Kier molecular flexibility index (Phi) is 6.76. The van der Waals surface area contributed by atoms with E-state index in [0.717, 1.165) is 54.5 Å². The Labute approximate surface area is 191 Å². The quantitative estimate of drug-likeness (QED) is 0.500. The number of hydrogen-bond acceptors (Lipinski definition) is 9. The van der Waals surface area contributed by atoms with E-state index < -0.39 is 0 Å². The van der Waals surface area contributed by atoms with Gasteiger partial charge in [-0.3, -0.25) is 9.88 Å². The van der Waals surface area contributed by atoms with E-state index in [9.17, 15) is 4.79 Å². The second-order valence-electron chi connectivity index (χ2n) is 7.56. The van der Waals surface area contributed by atoms with Crippen molar-refractivity contribution in [2.45, 2.75) is 20.4 Å². The number of hydrogen-bond donors (Lipinski definition) is 0. The lowest BCUT2D eigenvalue weighted by molar-refractivity contribution is 0.0526. The average molecular weight is 457 g/mol. The highest BCUT2D eigenvalue weighted by atomic mass is 32.1. The Hall–Kier alpha value is -2.91. The number of nitrogens with zero attached hydrogens (tertiary/aromatic N) is 4. The van der Waals surface area contributed by atoms with Gasteiger partial charge in [0.05, 0.1) is 42.6 Å². The summed E-state index contributed by atoms with van der Waals surface area (Å²) in [5.41, 5.74) is 2.99. The standard InChI is InChI=1S/C23H28N4O4S/c1-5-31-23(28)17-12-24-21-19(30-4)7-6-18(29-3)20(21)22(17)27-10-8-26(9-11-27)13-16-14-32-15(2)25-16/h6-7,12,14H,5,8-11,13H2,1-4H3. The van der Waals surface area contributed by atoms with E-state index in [0.29, 0.717) is 29.2 Å². The van der Waals surface area contributed by atoms with Crippen LogP contribution in [-0.2, 0) is 11.3 Å². The number of benzene rings is 1. The first-order valence-corrected chi connectivity index (χ1v) is 11.5. The zero-order valence-corrected chi connectivity index (χ0v) is 19.7. The fraction of sp³-hybridized carbons (Fsp3) is 0.435. The van der Waals surface area contributed by atoms with Crippen molar-refractivity contribution in [1.82, 2.24) is 14.9 Å². The van der Waals surface area contributed by atoms with E-state index in [1.54, 1.807) is 38.7 Å². The second kappa shape index (κ2) is 9.70. The molecule has 1 fully saturated rings. The lowest BCUT2D eigenvalue weighted by atomic mass is 10.1. The molecule has 1 saturated heterocycles. The summed E-state index contributed by atoms with van der Waals surface area (Å²) < 4.78 is 16.5. The molecule has 9 heteroatoms. The van der Waals surface area contributed by atoms with Gasteiger partial charge in [0.25, 0.3) is 0 Å². The summed E-state index contributed by atoms with van der Waals surface area (Å²) in [6.45, 7) is 8.19. The van der Waals surface area contributed by atoms with E-state index in [-0.39, 0.29) is 5.97 Å². The fourth-order valence-corrected chi connectivity index (χ4v) is 4.70. The van der Waals surface area contributed by atoms with Gasteiger partial charge >= 0.3 is 5.97 Å². The Bertz CT molecular complexity index is 1110. The lowest BCUT2D eigenvalue weighted by Crippen LogP contribution is -2.46. The van der Waals surface area contributed by atoms with Gasteiger partial charge in [0.2, 0.25) is 0 Å². The van der Waals surface area contributed by atoms with Crippen LogP contribution < -0.4 is 14.4 Å². The number of thiazole rings is 1. The van der Waals surface area contributed by atoms with E-state index in [4.69, 9.17) is 14.2 Å². The predicted octanol–water partition coefficient (Wildman–Crippen LogP) is 3.52. The summed E-state index contributed by atoms with van der Waals surface area (Å²) in [6.07, 6.45) is 1.59. The van der Waals surface area contributed by atoms with Crippen LogP contribution in [-0.4, -0.2) is 67.8 Å². The van der Waals surface area contributed by atoms with Crippen molar-refractivity contribution < 1.29 is 19.0 Å². The largest absolute Gasteiger partial charge is 0.496 e. The molecule has 8 nitrogen and oxygen atoms in total.